The molecule has 1 N–H and O–H groups in total. The van der Waals surface area contributed by atoms with Gasteiger partial charge in [-0.05, 0) is 52.7 Å². The Morgan fingerprint density at radius 3 is 2.45 bits per heavy atom. The van der Waals surface area contributed by atoms with Gasteiger partial charge in [-0.25, -0.2) is 14.6 Å². The van der Waals surface area contributed by atoms with Gasteiger partial charge in [0.1, 0.15) is 29.2 Å². The average Bonchev–Trinajstić information content (AvgIpc) is 3.14. The van der Waals surface area contributed by atoms with Crippen molar-refractivity contribution in [3.63, 3.8) is 0 Å². The number of ether oxygens (including phenoxy) is 3. The molecule has 38 heavy (non-hydrogen) atoms. The summed E-state index contributed by atoms with van der Waals surface area (Å²) in [6, 6.07) is 4.44. The fourth-order valence-corrected chi connectivity index (χ4v) is 4.42. The molecule has 3 atom stereocenters. The highest BCUT2D eigenvalue weighted by molar-refractivity contribution is 6.01. The van der Waals surface area contributed by atoms with Crippen LogP contribution >= 0.6 is 0 Å². The molecule has 1 fully saturated rings. The van der Waals surface area contributed by atoms with Crippen LogP contribution in [-0.2, 0) is 9.53 Å². The molecule has 1 aliphatic rings. The van der Waals surface area contributed by atoms with E-state index in [1.54, 1.807) is 40.9 Å². The van der Waals surface area contributed by atoms with Crippen LogP contribution in [0.4, 0.5) is 4.79 Å². The SMILES string of the molecule is C=C(N=C(C)c1cc(O[C@H]2CN(C(=O)OC(C)(C)C)[C@H](C(=O)O)[C@@H]2C)c2ccc(OC)c(C)c2n1)C(C)C. The summed E-state index contributed by atoms with van der Waals surface area (Å²) in [5.74, 6) is -0.223. The summed E-state index contributed by atoms with van der Waals surface area (Å²) in [5, 5.41) is 10.7. The Labute approximate surface area is 224 Å². The van der Waals surface area contributed by atoms with E-state index in [9.17, 15) is 14.7 Å². The summed E-state index contributed by atoms with van der Waals surface area (Å²) >= 11 is 0. The van der Waals surface area contributed by atoms with Gasteiger partial charge in [0.05, 0.1) is 30.6 Å². The molecule has 1 saturated heterocycles. The first-order chi connectivity index (χ1) is 17.6. The Bertz CT molecular complexity index is 1280. The minimum absolute atomic E-state index is 0.0680. The van der Waals surface area contributed by atoms with Gasteiger partial charge in [-0.2, -0.15) is 0 Å². The number of methoxy groups -OCH3 is 1. The van der Waals surface area contributed by atoms with E-state index in [0.29, 0.717) is 28.4 Å². The zero-order valence-electron chi connectivity index (χ0n) is 23.8. The van der Waals surface area contributed by atoms with E-state index in [1.165, 1.54) is 4.90 Å². The van der Waals surface area contributed by atoms with Crippen molar-refractivity contribution in [3.8, 4) is 11.5 Å². The first kappa shape index (κ1) is 28.9. The number of rotatable bonds is 7. The van der Waals surface area contributed by atoms with Gasteiger partial charge in [-0.15, -0.1) is 0 Å². The number of allylic oxidation sites excluding steroid dienone is 1. The topological polar surface area (TPSA) is 111 Å². The molecule has 2 heterocycles. The van der Waals surface area contributed by atoms with Crippen LogP contribution in [-0.4, -0.2) is 64.2 Å². The van der Waals surface area contributed by atoms with E-state index in [-0.39, 0.29) is 12.5 Å². The number of benzene rings is 1. The van der Waals surface area contributed by atoms with Gasteiger partial charge in [0, 0.05) is 28.6 Å². The quantitative estimate of drug-likeness (QED) is 0.467. The van der Waals surface area contributed by atoms with Crippen molar-refractivity contribution in [2.24, 2.45) is 16.8 Å². The van der Waals surface area contributed by atoms with Gasteiger partial charge >= 0.3 is 12.1 Å². The minimum atomic E-state index is -1.11. The number of aliphatic carboxylic acids is 1. The number of carboxylic acid groups (broad SMARTS) is 1. The van der Waals surface area contributed by atoms with Crippen molar-refractivity contribution in [1.29, 1.82) is 0 Å². The predicted octanol–water partition coefficient (Wildman–Crippen LogP) is 5.62. The summed E-state index contributed by atoms with van der Waals surface area (Å²) in [6.45, 7) is 18.9. The number of hydrogen-bond donors (Lipinski definition) is 1. The number of pyridine rings is 1. The fourth-order valence-electron chi connectivity index (χ4n) is 4.42. The first-order valence-corrected chi connectivity index (χ1v) is 12.8. The van der Waals surface area contributed by atoms with E-state index >= 15 is 0 Å². The van der Waals surface area contributed by atoms with Crippen LogP contribution in [0.3, 0.4) is 0 Å². The van der Waals surface area contributed by atoms with Crippen LogP contribution in [0.2, 0.25) is 0 Å². The van der Waals surface area contributed by atoms with Crippen LogP contribution in [0.1, 0.15) is 59.7 Å². The summed E-state index contributed by atoms with van der Waals surface area (Å²) < 4.78 is 17.5. The van der Waals surface area contributed by atoms with Gasteiger partial charge in [-0.3, -0.25) is 9.89 Å². The molecule has 3 rings (SSSR count). The van der Waals surface area contributed by atoms with E-state index < -0.39 is 35.7 Å². The monoisotopic (exact) mass is 525 g/mol. The van der Waals surface area contributed by atoms with Crippen LogP contribution in [0.25, 0.3) is 10.9 Å². The van der Waals surface area contributed by atoms with E-state index in [0.717, 1.165) is 16.6 Å². The van der Waals surface area contributed by atoms with Gasteiger partial charge < -0.3 is 19.3 Å². The van der Waals surface area contributed by atoms with Crippen molar-refractivity contribution < 1.29 is 28.9 Å². The first-order valence-electron chi connectivity index (χ1n) is 12.8. The summed E-state index contributed by atoms with van der Waals surface area (Å²) in [6.07, 6.45) is -1.27. The summed E-state index contributed by atoms with van der Waals surface area (Å²) in [5.41, 5.74) is 2.78. The lowest BCUT2D eigenvalue weighted by Crippen LogP contribution is -2.45. The second-order valence-electron chi connectivity index (χ2n) is 11.1. The minimum Gasteiger partial charge on any atom is -0.496 e. The number of hydrogen-bond acceptors (Lipinski definition) is 7. The number of nitrogens with zero attached hydrogens (tertiary/aromatic N) is 3. The number of aliphatic imine (C=N–C) groups is 1. The second kappa shape index (κ2) is 11.0. The third-order valence-corrected chi connectivity index (χ3v) is 6.67. The standard InChI is InChI=1S/C29H39N3O6/c1-15(2)18(5)30-19(6)21-13-23(20-11-12-22(36-10)16(3)25(20)31-21)37-24-14-32(26(17(24)4)27(33)34)28(35)38-29(7,8)9/h11-13,15,17,24,26H,5,14H2,1-4,6-10H3,(H,33,34)/t17-,24+,26+/m1/s1. The zero-order valence-corrected chi connectivity index (χ0v) is 23.8. The molecule has 1 aromatic heterocycles. The molecular formula is C29H39N3O6. The number of aromatic nitrogens is 1. The van der Waals surface area contributed by atoms with Crippen LogP contribution in [0, 0.1) is 18.8 Å². The maximum Gasteiger partial charge on any atom is 0.411 e. The molecule has 9 nitrogen and oxygen atoms in total. The molecule has 0 radical (unpaired) electrons. The van der Waals surface area contributed by atoms with Crippen molar-refractivity contribution in [2.75, 3.05) is 13.7 Å². The van der Waals surface area contributed by atoms with E-state index in [4.69, 9.17) is 19.2 Å². The Hall–Kier alpha value is -3.62. The lowest BCUT2D eigenvalue weighted by molar-refractivity contribution is -0.143. The average molecular weight is 526 g/mol. The van der Waals surface area contributed by atoms with Crippen molar-refractivity contribution in [2.45, 2.75) is 73.1 Å². The molecule has 2 aromatic rings. The zero-order chi connectivity index (χ0) is 28.5. The number of amides is 1. The molecule has 9 heteroatoms. The molecule has 0 spiro atoms. The fraction of sp³-hybridized carbons (Fsp3) is 0.517. The van der Waals surface area contributed by atoms with Gasteiger partial charge in [0.25, 0.3) is 0 Å². The number of aryl methyl sites for hydroxylation is 1. The van der Waals surface area contributed by atoms with Gasteiger partial charge in [-0.1, -0.05) is 27.4 Å². The molecule has 1 aromatic carbocycles. The molecule has 0 aliphatic carbocycles. The predicted molar refractivity (Wildman–Crippen MR) is 147 cm³/mol. The Kier molecular flexibility index (Phi) is 8.39. The third-order valence-electron chi connectivity index (χ3n) is 6.67. The maximum atomic E-state index is 12.9. The van der Waals surface area contributed by atoms with E-state index in [2.05, 4.69) is 11.6 Å². The van der Waals surface area contributed by atoms with Gasteiger partial charge in [0.15, 0.2) is 0 Å². The Balaban J connectivity index is 2.08. The van der Waals surface area contributed by atoms with Crippen molar-refractivity contribution in [3.05, 3.63) is 41.7 Å². The van der Waals surface area contributed by atoms with E-state index in [1.807, 2.05) is 39.8 Å². The van der Waals surface area contributed by atoms with Crippen molar-refractivity contribution in [1.82, 2.24) is 9.88 Å². The van der Waals surface area contributed by atoms with Gasteiger partial charge in [0.2, 0.25) is 0 Å². The Morgan fingerprint density at radius 2 is 1.89 bits per heavy atom. The summed E-state index contributed by atoms with van der Waals surface area (Å²) in [4.78, 5) is 35.8. The molecule has 0 unspecified atom stereocenters. The highest BCUT2D eigenvalue weighted by atomic mass is 16.6. The molecule has 0 saturated carbocycles. The lowest BCUT2D eigenvalue weighted by atomic mass is 10.0. The second-order valence-corrected chi connectivity index (χ2v) is 11.1. The number of fused-ring (bicyclic) bond motifs is 1. The largest absolute Gasteiger partial charge is 0.496 e. The maximum absolute atomic E-state index is 12.9. The highest BCUT2D eigenvalue weighted by Gasteiger charge is 2.48. The number of carbonyl (C=O) groups excluding carboxylic acids is 1. The number of carboxylic acids is 1. The van der Waals surface area contributed by atoms with Crippen molar-refractivity contribution >= 4 is 28.7 Å². The molecule has 206 valence electrons. The molecule has 0 bridgehead atoms. The Morgan fingerprint density at radius 1 is 1.24 bits per heavy atom. The normalized spacial score (nSPS) is 20.1. The lowest BCUT2D eigenvalue weighted by Gasteiger charge is -2.27. The smallest absolute Gasteiger partial charge is 0.411 e. The van der Waals surface area contributed by atoms with Crippen LogP contribution in [0.5, 0.6) is 11.5 Å². The van der Waals surface area contributed by atoms with Crippen LogP contribution in [0.15, 0.2) is 35.5 Å². The molecular weight excluding hydrogens is 486 g/mol. The highest BCUT2D eigenvalue weighted by Crippen LogP contribution is 2.36. The third kappa shape index (κ3) is 6.09. The summed E-state index contributed by atoms with van der Waals surface area (Å²) in [7, 11) is 1.60. The number of likely N-dealkylation sites (tertiary alicyclic amines) is 1. The molecule has 1 amide bonds. The molecule has 1 aliphatic heterocycles. The number of carbonyl (C=O) groups is 2. The van der Waals surface area contributed by atoms with Crippen LogP contribution < -0.4 is 9.47 Å².